The molecule has 2 rings (SSSR count). The lowest BCUT2D eigenvalue weighted by atomic mass is 9.91. The lowest BCUT2D eigenvalue weighted by Crippen LogP contribution is -2.44. The van der Waals surface area contributed by atoms with Gasteiger partial charge in [0.1, 0.15) is 0 Å². The Kier molecular flexibility index (Phi) is 7.29. The number of carbonyl (C=O) groups is 1. The molecule has 1 amide bonds. The van der Waals surface area contributed by atoms with Gasteiger partial charge in [0.15, 0.2) is 0 Å². The molecule has 0 unspecified atom stereocenters. The zero-order valence-electron chi connectivity index (χ0n) is 16.0. The summed E-state index contributed by atoms with van der Waals surface area (Å²) in [6, 6.07) is 8.03. The molecule has 1 aromatic rings. The molecule has 0 aromatic heterocycles. The number of rotatable bonds is 7. The van der Waals surface area contributed by atoms with E-state index in [1.807, 2.05) is 18.2 Å². The molecule has 0 radical (unpaired) electrons. The van der Waals surface area contributed by atoms with Crippen LogP contribution in [0.5, 0.6) is 0 Å². The van der Waals surface area contributed by atoms with Crippen molar-refractivity contribution in [2.45, 2.75) is 33.2 Å². The lowest BCUT2D eigenvalue weighted by Gasteiger charge is -2.33. The Morgan fingerprint density at radius 3 is 2.60 bits per heavy atom. The number of nitrogens with one attached hydrogen (secondary N) is 1. The number of carbonyl (C=O) groups excluding carboxylic acids is 1. The number of hydrogen-bond acceptors (Lipinski definition) is 3. The quantitative estimate of drug-likeness (QED) is 0.805. The summed E-state index contributed by atoms with van der Waals surface area (Å²) in [6.07, 6.45) is 1.86. The molecule has 1 saturated heterocycles. The fourth-order valence-corrected chi connectivity index (χ4v) is 3.84. The summed E-state index contributed by atoms with van der Waals surface area (Å²) in [5, 5.41) is 3.95. The number of halogens is 1. The van der Waals surface area contributed by atoms with E-state index in [1.54, 1.807) is 0 Å². The maximum Gasteiger partial charge on any atom is 0.223 e. The van der Waals surface area contributed by atoms with Gasteiger partial charge in [0.2, 0.25) is 5.91 Å². The highest BCUT2D eigenvalue weighted by atomic mass is 35.5. The van der Waals surface area contributed by atoms with Crippen LogP contribution >= 0.6 is 11.6 Å². The van der Waals surface area contributed by atoms with Gasteiger partial charge in [-0.05, 0) is 63.1 Å². The Labute approximate surface area is 157 Å². The number of hydrogen-bond donors (Lipinski definition) is 1. The summed E-state index contributed by atoms with van der Waals surface area (Å²) < 4.78 is 0. The number of likely N-dealkylation sites (tertiary alicyclic amines) is 1. The second-order valence-corrected chi connectivity index (χ2v) is 8.74. The minimum atomic E-state index is 0.0897. The molecule has 140 valence electrons. The minimum Gasteiger partial charge on any atom is -0.355 e. The maximum absolute atomic E-state index is 12.5. The van der Waals surface area contributed by atoms with Gasteiger partial charge >= 0.3 is 0 Å². The Morgan fingerprint density at radius 2 is 2.00 bits per heavy atom. The van der Waals surface area contributed by atoms with Crippen LogP contribution in [0.15, 0.2) is 24.3 Å². The third kappa shape index (κ3) is 6.96. The van der Waals surface area contributed by atoms with Gasteiger partial charge in [-0.2, -0.15) is 0 Å². The molecule has 0 atom stereocenters. The largest absolute Gasteiger partial charge is 0.355 e. The van der Waals surface area contributed by atoms with E-state index in [1.165, 1.54) is 5.56 Å². The average molecular weight is 366 g/mol. The predicted molar refractivity (Wildman–Crippen MR) is 105 cm³/mol. The fraction of sp³-hybridized carbons (Fsp3) is 0.650. The molecule has 25 heavy (non-hydrogen) atoms. The number of benzene rings is 1. The van der Waals surface area contributed by atoms with Crippen molar-refractivity contribution in [3.8, 4) is 0 Å². The van der Waals surface area contributed by atoms with Crippen LogP contribution in [-0.4, -0.2) is 56.0 Å². The third-order valence-electron chi connectivity index (χ3n) is 4.74. The Bertz CT molecular complexity index is 566. The normalized spacial score (nSPS) is 17.0. The first-order valence-electron chi connectivity index (χ1n) is 9.14. The average Bonchev–Trinajstić information content (AvgIpc) is 2.52. The summed E-state index contributed by atoms with van der Waals surface area (Å²) in [5.74, 6) is 0.361. The van der Waals surface area contributed by atoms with Gasteiger partial charge in [-0.1, -0.05) is 37.6 Å². The first-order chi connectivity index (χ1) is 11.7. The summed E-state index contributed by atoms with van der Waals surface area (Å²) in [4.78, 5) is 17.1. The third-order valence-corrected chi connectivity index (χ3v) is 4.97. The summed E-state index contributed by atoms with van der Waals surface area (Å²) in [7, 11) is 4.14. The van der Waals surface area contributed by atoms with Crippen LogP contribution in [0, 0.1) is 11.3 Å². The zero-order chi connectivity index (χ0) is 18.4. The van der Waals surface area contributed by atoms with E-state index in [0.29, 0.717) is 0 Å². The van der Waals surface area contributed by atoms with Crippen LogP contribution in [0.3, 0.4) is 0 Å². The highest BCUT2D eigenvalue weighted by Crippen LogP contribution is 2.21. The second kappa shape index (κ2) is 9.02. The van der Waals surface area contributed by atoms with E-state index in [4.69, 9.17) is 11.6 Å². The lowest BCUT2D eigenvalue weighted by molar-refractivity contribution is -0.127. The molecule has 0 aliphatic carbocycles. The van der Waals surface area contributed by atoms with Crippen molar-refractivity contribution < 1.29 is 4.79 Å². The molecule has 1 fully saturated rings. The van der Waals surface area contributed by atoms with Crippen molar-refractivity contribution in [3.63, 3.8) is 0 Å². The molecule has 1 heterocycles. The topological polar surface area (TPSA) is 35.6 Å². The van der Waals surface area contributed by atoms with Crippen molar-refractivity contribution in [1.29, 1.82) is 0 Å². The smallest absolute Gasteiger partial charge is 0.223 e. The van der Waals surface area contributed by atoms with Gasteiger partial charge in [0.25, 0.3) is 0 Å². The van der Waals surface area contributed by atoms with Crippen LogP contribution in [0.1, 0.15) is 32.3 Å². The van der Waals surface area contributed by atoms with Gasteiger partial charge in [-0.25, -0.2) is 0 Å². The molecule has 1 aromatic carbocycles. The summed E-state index contributed by atoms with van der Waals surface area (Å²) >= 11 is 6.06. The molecule has 0 spiro atoms. The van der Waals surface area contributed by atoms with E-state index >= 15 is 0 Å². The Hall–Kier alpha value is -1.10. The fourth-order valence-electron chi connectivity index (χ4n) is 3.63. The van der Waals surface area contributed by atoms with Gasteiger partial charge in [-0.3, -0.25) is 9.69 Å². The van der Waals surface area contributed by atoms with Crippen molar-refractivity contribution >= 4 is 17.5 Å². The van der Waals surface area contributed by atoms with Gasteiger partial charge < -0.3 is 10.2 Å². The van der Waals surface area contributed by atoms with Gasteiger partial charge in [-0.15, -0.1) is 0 Å². The summed E-state index contributed by atoms with van der Waals surface area (Å²) in [5.41, 5.74) is 1.33. The van der Waals surface area contributed by atoms with Crippen LogP contribution < -0.4 is 5.32 Å². The first-order valence-corrected chi connectivity index (χ1v) is 9.52. The van der Waals surface area contributed by atoms with Crippen molar-refractivity contribution in [2.24, 2.45) is 11.3 Å². The highest BCUT2D eigenvalue weighted by Gasteiger charge is 2.27. The van der Waals surface area contributed by atoms with E-state index in [-0.39, 0.29) is 17.2 Å². The van der Waals surface area contributed by atoms with E-state index in [2.05, 4.69) is 49.1 Å². The Balaban J connectivity index is 1.74. The zero-order valence-corrected chi connectivity index (χ0v) is 16.8. The molecular formula is C20H32ClN3O. The number of nitrogens with zero attached hydrogens (tertiary/aromatic N) is 2. The molecule has 4 nitrogen and oxygen atoms in total. The van der Waals surface area contributed by atoms with Crippen LogP contribution in [0.25, 0.3) is 0 Å². The van der Waals surface area contributed by atoms with Crippen molar-refractivity contribution in [3.05, 3.63) is 34.9 Å². The molecule has 1 aliphatic heterocycles. The van der Waals surface area contributed by atoms with Gasteiger partial charge in [0.05, 0.1) is 0 Å². The monoisotopic (exact) mass is 365 g/mol. The molecule has 5 heteroatoms. The second-order valence-electron chi connectivity index (χ2n) is 8.30. The van der Waals surface area contributed by atoms with Gasteiger partial charge in [0, 0.05) is 30.6 Å². The minimum absolute atomic E-state index is 0.0897. The highest BCUT2D eigenvalue weighted by molar-refractivity contribution is 6.30. The molecular weight excluding hydrogens is 334 g/mol. The van der Waals surface area contributed by atoms with E-state index in [0.717, 1.165) is 50.6 Å². The van der Waals surface area contributed by atoms with E-state index < -0.39 is 0 Å². The van der Waals surface area contributed by atoms with Crippen LogP contribution in [0.2, 0.25) is 5.02 Å². The number of piperidine rings is 1. The standard InChI is InChI=1S/C20H32ClN3O/c1-20(2,15-23(3)4)14-22-19(25)17-8-10-24(11-9-17)13-16-6-5-7-18(21)12-16/h5-7,12,17H,8-11,13-15H2,1-4H3,(H,22,25). The van der Waals surface area contributed by atoms with Crippen molar-refractivity contribution in [2.75, 3.05) is 40.3 Å². The predicted octanol–water partition coefficient (Wildman–Crippen LogP) is 3.26. The first kappa shape index (κ1) is 20.2. The van der Waals surface area contributed by atoms with Crippen molar-refractivity contribution in [1.82, 2.24) is 15.1 Å². The van der Waals surface area contributed by atoms with E-state index in [9.17, 15) is 4.79 Å². The van der Waals surface area contributed by atoms with Crippen LogP contribution in [-0.2, 0) is 11.3 Å². The SMILES string of the molecule is CN(C)CC(C)(C)CNC(=O)C1CCN(Cc2cccc(Cl)c2)CC1. The summed E-state index contributed by atoms with van der Waals surface area (Å²) in [6.45, 7) is 8.92. The van der Waals surface area contributed by atoms with Crippen LogP contribution in [0.4, 0.5) is 0 Å². The molecule has 1 N–H and O–H groups in total. The Morgan fingerprint density at radius 1 is 1.32 bits per heavy atom. The molecule has 1 aliphatic rings. The molecule has 0 saturated carbocycles. The number of amides is 1. The molecule has 0 bridgehead atoms. The maximum atomic E-state index is 12.5.